The molecule has 1 rings (SSSR count). The molecule has 1 aliphatic carbocycles. The third-order valence-corrected chi connectivity index (χ3v) is 3.10. The molecule has 0 aromatic carbocycles. The van der Waals surface area contributed by atoms with Gasteiger partial charge in [-0.2, -0.15) is 0 Å². The number of aliphatic hydroxyl groups excluding tert-OH is 1. The van der Waals surface area contributed by atoms with E-state index in [1.807, 2.05) is 0 Å². The molecule has 0 radical (unpaired) electrons. The summed E-state index contributed by atoms with van der Waals surface area (Å²) in [4.78, 5) is 2.22. The monoisotopic (exact) mass is 244 g/mol. The number of hydrogen-bond acceptors (Lipinski definition) is 4. The quantitative estimate of drug-likeness (QED) is 0.525. The Labute approximate surface area is 105 Å². The average molecular weight is 244 g/mol. The summed E-state index contributed by atoms with van der Waals surface area (Å²) in [6.07, 6.45) is 3.80. The Morgan fingerprint density at radius 2 is 2.24 bits per heavy atom. The Balaban J connectivity index is 1.97. The van der Waals surface area contributed by atoms with Crippen LogP contribution in [-0.4, -0.2) is 62.6 Å². The summed E-state index contributed by atoms with van der Waals surface area (Å²) in [5.74, 6) is 0.844. The van der Waals surface area contributed by atoms with E-state index in [2.05, 4.69) is 24.2 Å². The molecule has 0 bridgehead atoms. The third kappa shape index (κ3) is 7.71. The van der Waals surface area contributed by atoms with Crippen molar-refractivity contribution in [1.82, 2.24) is 10.2 Å². The van der Waals surface area contributed by atoms with Crippen LogP contribution in [0.4, 0.5) is 0 Å². The molecule has 102 valence electrons. The van der Waals surface area contributed by atoms with Crippen molar-refractivity contribution >= 4 is 0 Å². The first kappa shape index (κ1) is 14.9. The van der Waals surface area contributed by atoms with Crippen LogP contribution in [0.25, 0.3) is 0 Å². The summed E-state index contributed by atoms with van der Waals surface area (Å²) in [7, 11) is 2.08. The molecule has 0 saturated heterocycles. The molecule has 0 spiro atoms. The fraction of sp³-hybridized carbons (Fsp3) is 1.00. The van der Waals surface area contributed by atoms with Crippen molar-refractivity contribution in [2.45, 2.75) is 32.2 Å². The largest absolute Gasteiger partial charge is 0.395 e. The van der Waals surface area contributed by atoms with Gasteiger partial charge in [0, 0.05) is 25.7 Å². The van der Waals surface area contributed by atoms with Crippen molar-refractivity contribution in [2.75, 3.05) is 46.5 Å². The lowest BCUT2D eigenvalue weighted by atomic mass is 10.3. The molecule has 1 aliphatic rings. The van der Waals surface area contributed by atoms with Gasteiger partial charge in [-0.3, -0.25) is 0 Å². The minimum Gasteiger partial charge on any atom is -0.395 e. The highest BCUT2D eigenvalue weighted by Crippen LogP contribution is 2.28. The highest BCUT2D eigenvalue weighted by molar-refractivity contribution is 4.72. The lowest BCUT2D eigenvalue weighted by molar-refractivity contribution is 0.0971. The van der Waals surface area contributed by atoms with Gasteiger partial charge in [-0.15, -0.1) is 0 Å². The van der Waals surface area contributed by atoms with E-state index >= 15 is 0 Å². The van der Waals surface area contributed by atoms with Crippen LogP contribution < -0.4 is 5.32 Å². The van der Waals surface area contributed by atoms with Crippen molar-refractivity contribution in [3.63, 3.8) is 0 Å². The first-order chi connectivity index (χ1) is 8.26. The smallest absolute Gasteiger partial charge is 0.0597 e. The summed E-state index contributed by atoms with van der Waals surface area (Å²) in [6.45, 7) is 6.87. The topological polar surface area (TPSA) is 44.7 Å². The Hall–Kier alpha value is -0.160. The molecule has 0 aromatic rings. The van der Waals surface area contributed by atoms with E-state index in [1.54, 1.807) is 0 Å². The standard InChI is InChI=1S/C13H28N2O2/c1-3-6-14-13(10-16)9-15(2)7-8-17-11-12-4-5-12/h12-14,16H,3-11H2,1-2H3. The van der Waals surface area contributed by atoms with Gasteiger partial charge in [0.2, 0.25) is 0 Å². The zero-order valence-corrected chi connectivity index (χ0v) is 11.3. The van der Waals surface area contributed by atoms with Crippen molar-refractivity contribution in [2.24, 2.45) is 5.92 Å². The molecule has 4 heteroatoms. The molecule has 1 fully saturated rings. The molecule has 1 atom stereocenters. The molecular weight excluding hydrogens is 216 g/mol. The molecular formula is C13H28N2O2. The minimum absolute atomic E-state index is 0.184. The maximum absolute atomic E-state index is 9.23. The van der Waals surface area contributed by atoms with Gasteiger partial charge in [-0.1, -0.05) is 6.92 Å². The Morgan fingerprint density at radius 3 is 2.82 bits per heavy atom. The fourth-order valence-electron chi connectivity index (χ4n) is 1.76. The van der Waals surface area contributed by atoms with Gasteiger partial charge < -0.3 is 20.1 Å². The molecule has 0 amide bonds. The van der Waals surface area contributed by atoms with Gasteiger partial charge in [-0.25, -0.2) is 0 Å². The average Bonchev–Trinajstić information content (AvgIpc) is 3.14. The fourth-order valence-corrected chi connectivity index (χ4v) is 1.76. The van der Waals surface area contributed by atoms with Crippen molar-refractivity contribution in [1.29, 1.82) is 0 Å². The van der Waals surface area contributed by atoms with Crippen LogP contribution in [0.1, 0.15) is 26.2 Å². The maximum Gasteiger partial charge on any atom is 0.0597 e. The number of likely N-dealkylation sites (N-methyl/N-ethyl adjacent to an activating group) is 1. The predicted molar refractivity (Wildman–Crippen MR) is 70.2 cm³/mol. The molecule has 2 N–H and O–H groups in total. The second-order valence-corrected chi connectivity index (χ2v) is 5.11. The lowest BCUT2D eigenvalue weighted by Crippen LogP contribution is -2.43. The highest BCUT2D eigenvalue weighted by atomic mass is 16.5. The van der Waals surface area contributed by atoms with Crippen molar-refractivity contribution < 1.29 is 9.84 Å². The molecule has 1 unspecified atom stereocenters. The number of nitrogens with one attached hydrogen (secondary N) is 1. The molecule has 17 heavy (non-hydrogen) atoms. The van der Waals surface area contributed by atoms with Crippen LogP contribution in [0, 0.1) is 5.92 Å². The van der Waals surface area contributed by atoms with Gasteiger partial charge in [0.25, 0.3) is 0 Å². The normalized spacial score (nSPS) is 17.6. The summed E-state index contributed by atoms with van der Waals surface area (Å²) in [5.41, 5.74) is 0. The SMILES string of the molecule is CCCNC(CO)CN(C)CCOCC1CC1. The van der Waals surface area contributed by atoms with Crippen LogP contribution in [-0.2, 0) is 4.74 Å². The third-order valence-electron chi connectivity index (χ3n) is 3.10. The predicted octanol–water partition coefficient (Wildman–Crippen LogP) is 0.705. The lowest BCUT2D eigenvalue weighted by Gasteiger charge is -2.23. The van der Waals surface area contributed by atoms with Gasteiger partial charge in [0.15, 0.2) is 0 Å². The second kappa shape index (κ2) is 8.86. The van der Waals surface area contributed by atoms with E-state index < -0.39 is 0 Å². The first-order valence-electron chi connectivity index (χ1n) is 6.86. The Bertz CT molecular complexity index is 186. The highest BCUT2D eigenvalue weighted by Gasteiger charge is 2.21. The van der Waals surface area contributed by atoms with Crippen molar-refractivity contribution in [3.05, 3.63) is 0 Å². The number of rotatable bonds is 11. The van der Waals surface area contributed by atoms with Crippen molar-refractivity contribution in [3.8, 4) is 0 Å². The van der Waals surface area contributed by atoms with Crippen LogP contribution in [0.5, 0.6) is 0 Å². The maximum atomic E-state index is 9.23. The minimum atomic E-state index is 0.184. The number of aliphatic hydroxyl groups is 1. The van der Waals surface area contributed by atoms with E-state index in [0.717, 1.165) is 45.2 Å². The van der Waals surface area contributed by atoms with E-state index in [-0.39, 0.29) is 12.6 Å². The number of nitrogens with zero attached hydrogens (tertiary/aromatic N) is 1. The summed E-state index contributed by atoms with van der Waals surface area (Å²) >= 11 is 0. The van der Waals surface area contributed by atoms with Gasteiger partial charge >= 0.3 is 0 Å². The van der Waals surface area contributed by atoms with E-state index in [1.165, 1.54) is 12.8 Å². The summed E-state index contributed by atoms with van der Waals surface area (Å²) < 4.78 is 5.60. The van der Waals surface area contributed by atoms with Gasteiger partial charge in [0.1, 0.15) is 0 Å². The zero-order valence-electron chi connectivity index (χ0n) is 11.3. The number of hydrogen-bond donors (Lipinski definition) is 2. The molecule has 0 aliphatic heterocycles. The van der Waals surface area contributed by atoms with Gasteiger partial charge in [-0.05, 0) is 38.8 Å². The first-order valence-corrected chi connectivity index (χ1v) is 6.86. The zero-order chi connectivity index (χ0) is 12.5. The molecule has 1 saturated carbocycles. The Kier molecular flexibility index (Phi) is 7.77. The summed E-state index contributed by atoms with van der Waals surface area (Å²) in [5, 5.41) is 12.6. The number of ether oxygens (including phenoxy) is 1. The van der Waals surface area contributed by atoms with Crippen LogP contribution in [0.3, 0.4) is 0 Å². The molecule has 0 heterocycles. The summed E-state index contributed by atoms with van der Waals surface area (Å²) in [6, 6.07) is 0.184. The van der Waals surface area contributed by atoms with Gasteiger partial charge in [0.05, 0.1) is 13.2 Å². The van der Waals surface area contributed by atoms with Crippen LogP contribution in [0.2, 0.25) is 0 Å². The van der Waals surface area contributed by atoms with E-state index in [4.69, 9.17) is 4.74 Å². The molecule has 4 nitrogen and oxygen atoms in total. The van der Waals surface area contributed by atoms with Crippen LogP contribution >= 0.6 is 0 Å². The molecule has 0 aromatic heterocycles. The second-order valence-electron chi connectivity index (χ2n) is 5.11. The van der Waals surface area contributed by atoms with E-state index in [9.17, 15) is 5.11 Å². The van der Waals surface area contributed by atoms with E-state index in [0.29, 0.717) is 0 Å². The Morgan fingerprint density at radius 1 is 1.47 bits per heavy atom. The van der Waals surface area contributed by atoms with Crippen LogP contribution in [0.15, 0.2) is 0 Å².